The molecule has 0 spiro atoms. The molecule has 0 saturated carbocycles. The molecule has 0 radical (unpaired) electrons. The Hall–Kier alpha value is -2.69. The lowest BCUT2D eigenvalue weighted by Gasteiger charge is -2.28. The molecule has 2 rings (SSSR count). The fourth-order valence-corrected chi connectivity index (χ4v) is 3.29. The van der Waals surface area contributed by atoms with Crippen molar-refractivity contribution < 1.29 is 24.1 Å². The fourth-order valence-electron chi connectivity index (χ4n) is 3.29. The van der Waals surface area contributed by atoms with E-state index < -0.39 is 0 Å². The zero-order chi connectivity index (χ0) is 22.1. The summed E-state index contributed by atoms with van der Waals surface area (Å²) in [4.78, 5) is 13.4. The molecule has 5 heteroatoms. The molecule has 0 heterocycles. The van der Waals surface area contributed by atoms with Gasteiger partial charge in [-0.05, 0) is 35.1 Å². The molecule has 1 N–H and O–H groups in total. The minimum atomic E-state index is -0.324. The van der Waals surface area contributed by atoms with E-state index in [4.69, 9.17) is 14.2 Å². The van der Waals surface area contributed by atoms with Gasteiger partial charge in [0, 0.05) is 22.3 Å². The third-order valence-corrected chi connectivity index (χ3v) is 4.92. The highest BCUT2D eigenvalue weighted by atomic mass is 16.5. The number of hydrogen-bond donors (Lipinski definition) is 1. The summed E-state index contributed by atoms with van der Waals surface area (Å²) in [6.07, 6.45) is 0. The zero-order valence-corrected chi connectivity index (χ0v) is 18.9. The van der Waals surface area contributed by atoms with Crippen LogP contribution in [0.5, 0.6) is 23.0 Å². The van der Waals surface area contributed by atoms with Crippen molar-refractivity contribution in [3.8, 4) is 23.0 Å². The highest BCUT2D eigenvalue weighted by Crippen LogP contribution is 2.42. The lowest BCUT2D eigenvalue weighted by atomic mass is 9.77. The van der Waals surface area contributed by atoms with Crippen molar-refractivity contribution >= 4 is 5.78 Å². The number of carbonyl (C=O) groups excluding carboxylic acids is 1. The van der Waals surface area contributed by atoms with Gasteiger partial charge >= 0.3 is 0 Å². The van der Waals surface area contributed by atoms with Gasteiger partial charge in [0.2, 0.25) is 5.75 Å². The number of phenolic OH excluding ortho intramolecular Hbond substituents is 1. The lowest BCUT2D eigenvalue weighted by Crippen LogP contribution is -2.19. The molecule has 0 atom stereocenters. The molecule has 0 unspecified atom stereocenters. The predicted molar refractivity (Wildman–Crippen MR) is 115 cm³/mol. The SMILES string of the molecule is COc1cc(C(=O)c2cc(C(C)(C)C)c(O)c(C(C)(C)C)c2)cc(OC)c1OC. The molecule has 158 valence electrons. The van der Waals surface area contributed by atoms with Gasteiger partial charge in [-0.2, -0.15) is 0 Å². The van der Waals surface area contributed by atoms with Gasteiger partial charge in [0.25, 0.3) is 0 Å². The molecule has 0 aliphatic heterocycles. The molecule has 0 aliphatic carbocycles. The number of ether oxygens (including phenoxy) is 3. The van der Waals surface area contributed by atoms with Crippen LogP contribution in [0.15, 0.2) is 24.3 Å². The summed E-state index contributed by atoms with van der Waals surface area (Å²) in [5.41, 5.74) is 1.75. The maximum Gasteiger partial charge on any atom is 0.203 e. The first-order valence-electron chi connectivity index (χ1n) is 9.57. The van der Waals surface area contributed by atoms with E-state index in [9.17, 15) is 9.90 Å². The molecular formula is C24H32O5. The predicted octanol–water partition coefficient (Wildman–Crippen LogP) is 5.24. The van der Waals surface area contributed by atoms with Crippen molar-refractivity contribution in [1.82, 2.24) is 0 Å². The number of hydrogen-bond acceptors (Lipinski definition) is 5. The lowest BCUT2D eigenvalue weighted by molar-refractivity contribution is 0.103. The van der Waals surface area contributed by atoms with Crippen LogP contribution in [0, 0.1) is 0 Å². The van der Waals surface area contributed by atoms with Crippen molar-refractivity contribution in [2.75, 3.05) is 21.3 Å². The third-order valence-electron chi connectivity index (χ3n) is 4.92. The Bertz CT molecular complexity index is 854. The molecule has 0 aromatic heterocycles. The van der Waals surface area contributed by atoms with Gasteiger partial charge in [-0.25, -0.2) is 0 Å². The number of phenols is 1. The highest BCUT2D eigenvalue weighted by molar-refractivity contribution is 6.10. The second-order valence-corrected chi connectivity index (χ2v) is 9.16. The van der Waals surface area contributed by atoms with Gasteiger partial charge in [0.05, 0.1) is 21.3 Å². The van der Waals surface area contributed by atoms with Crippen molar-refractivity contribution in [1.29, 1.82) is 0 Å². The number of benzene rings is 2. The topological polar surface area (TPSA) is 65.0 Å². The first-order chi connectivity index (χ1) is 13.3. The monoisotopic (exact) mass is 400 g/mol. The zero-order valence-electron chi connectivity index (χ0n) is 18.9. The molecule has 0 amide bonds. The van der Waals surface area contributed by atoms with E-state index in [1.54, 1.807) is 24.3 Å². The van der Waals surface area contributed by atoms with Crippen molar-refractivity contribution in [3.63, 3.8) is 0 Å². The van der Waals surface area contributed by atoms with Crippen LogP contribution in [0.3, 0.4) is 0 Å². The molecule has 0 saturated heterocycles. The Kier molecular flexibility index (Phi) is 6.21. The summed E-state index contributed by atoms with van der Waals surface area (Å²) >= 11 is 0. The average Bonchev–Trinajstić information content (AvgIpc) is 2.64. The summed E-state index contributed by atoms with van der Waals surface area (Å²) in [7, 11) is 4.55. The van der Waals surface area contributed by atoms with Crippen LogP contribution >= 0.6 is 0 Å². The molecule has 2 aromatic carbocycles. The van der Waals surface area contributed by atoms with E-state index in [0.29, 0.717) is 28.4 Å². The highest BCUT2D eigenvalue weighted by Gasteiger charge is 2.28. The second kappa shape index (κ2) is 7.97. The summed E-state index contributed by atoms with van der Waals surface area (Å²) < 4.78 is 16.1. The number of methoxy groups -OCH3 is 3. The van der Waals surface area contributed by atoms with Gasteiger partial charge in [-0.3, -0.25) is 4.79 Å². The Balaban J connectivity index is 2.73. The molecule has 29 heavy (non-hydrogen) atoms. The van der Waals surface area contributed by atoms with E-state index in [-0.39, 0.29) is 22.4 Å². The van der Waals surface area contributed by atoms with Crippen LogP contribution in [-0.4, -0.2) is 32.2 Å². The summed E-state index contributed by atoms with van der Waals surface area (Å²) in [5, 5.41) is 10.9. The smallest absolute Gasteiger partial charge is 0.203 e. The summed E-state index contributed by atoms with van der Waals surface area (Å²) in [6.45, 7) is 12.1. The van der Waals surface area contributed by atoms with Gasteiger partial charge in [0.1, 0.15) is 5.75 Å². The van der Waals surface area contributed by atoms with Crippen molar-refractivity contribution in [3.05, 3.63) is 46.5 Å². The Morgan fingerprint density at radius 3 is 1.41 bits per heavy atom. The van der Waals surface area contributed by atoms with Crippen LogP contribution < -0.4 is 14.2 Å². The minimum absolute atomic E-state index is 0.180. The van der Waals surface area contributed by atoms with Crippen LogP contribution in [0.25, 0.3) is 0 Å². The first kappa shape index (κ1) is 22.6. The van der Waals surface area contributed by atoms with Gasteiger partial charge in [0.15, 0.2) is 17.3 Å². The first-order valence-corrected chi connectivity index (χ1v) is 9.57. The quantitative estimate of drug-likeness (QED) is 0.695. The van der Waals surface area contributed by atoms with Crippen LogP contribution in [0.1, 0.15) is 68.6 Å². The normalized spacial score (nSPS) is 11.9. The molecule has 5 nitrogen and oxygen atoms in total. The van der Waals surface area contributed by atoms with Crippen molar-refractivity contribution in [2.24, 2.45) is 0 Å². The van der Waals surface area contributed by atoms with E-state index in [2.05, 4.69) is 0 Å². The van der Waals surface area contributed by atoms with Crippen LogP contribution in [0.2, 0.25) is 0 Å². The molecule has 0 bridgehead atoms. The van der Waals surface area contributed by atoms with Gasteiger partial charge < -0.3 is 19.3 Å². The van der Waals surface area contributed by atoms with E-state index >= 15 is 0 Å². The Morgan fingerprint density at radius 2 is 1.10 bits per heavy atom. The maximum atomic E-state index is 13.4. The van der Waals surface area contributed by atoms with E-state index in [0.717, 1.165) is 11.1 Å². The molecular weight excluding hydrogens is 368 g/mol. The van der Waals surface area contributed by atoms with Crippen LogP contribution in [0.4, 0.5) is 0 Å². The van der Waals surface area contributed by atoms with Gasteiger partial charge in [-0.15, -0.1) is 0 Å². The number of aromatic hydroxyl groups is 1. The maximum absolute atomic E-state index is 13.4. The van der Waals surface area contributed by atoms with E-state index in [1.807, 2.05) is 41.5 Å². The molecule has 2 aromatic rings. The number of ketones is 1. The second-order valence-electron chi connectivity index (χ2n) is 9.16. The standard InChI is InChI=1S/C24H32O5/c1-23(2,3)16-10-14(11-17(21(16)26)24(4,5)6)20(25)15-12-18(27-7)22(29-9)19(13-15)28-8/h10-13,26H,1-9H3. The summed E-state index contributed by atoms with van der Waals surface area (Å²) in [5.74, 6) is 1.33. The average molecular weight is 401 g/mol. The summed E-state index contributed by atoms with van der Waals surface area (Å²) in [6, 6.07) is 6.83. The third kappa shape index (κ3) is 4.50. The minimum Gasteiger partial charge on any atom is -0.507 e. The fraction of sp³-hybridized carbons (Fsp3) is 0.458. The number of rotatable bonds is 5. The Morgan fingerprint density at radius 1 is 0.724 bits per heavy atom. The molecule has 0 aliphatic rings. The van der Waals surface area contributed by atoms with Crippen molar-refractivity contribution in [2.45, 2.75) is 52.4 Å². The Labute approximate surface area is 173 Å². The van der Waals surface area contributed by atoms with Crippen LogP contribution in [-0.2, 0) is 10.8 Å². The number of carbonyl (C=O) groups is 1. The van der Waals surface area contributed by atoms with Gasteiger partial charge in [-0.1, -0.05) is 41.5 Å². The van der Waals surface area contributed by atoms with E-state index in [1.165, 1.54) is 21.3 Å². The molecule has 0 fully saturated rings. The largest absolute Gasteiger partial charge is 0.507 e.